The molecule has 0 saturated heterocycles. The maximum Gasteiger partial charge on any atom is 0.350 e. The lowest BCUT2D eigenvalue weighted by molar-refractivity contribution is -0.117. The first kappa shape index (κ1) is 23.4. The molecule has 2 aromatic heterocycles. The second-order valence-corrected chi connectivity index (χ2v) is 9.28. The highest BCUT2D eigenvalue weighted by Gasteiger charge is 2.46. The van der Waals surface area contributed by atoms with Gasteiger partial charge in [-0.05, 0) is 43.0 Å². The van der Waals surface area contributed by atoms with Gasteiger partial charge in [0.2, 0.25) is 5.78 Å². The molecule has 0 bridgehead atoms. The van der Waals surface area contributed by atoms with Crippen LogP contribution in [-0.2, 0) is 9.53 Å². The number of thiazole rings is 1. The van der Waals surface area contributed by atoms with E-state index >= 15 is 0 Å². The number of aromatic nitrogens is 1. The number of benzene rings is 1. The second-order valence-electron chi connectivity index (χ2n) is 8.30. The summed E-state index contributed by atoms with van der Waals surface area (Å²) in [6.45, 7) is 7.45. The summed E-state index contributed by atoms with van der Waals surface area (Å²) >= 11 is 0.962. The Morgan fingerprint density at radius 1 is 1.15 bits per heavy atom. The molecule has 1 amide bonds. The Morgan fingerprint density at radius 3 is 2.38 bits per heavy atom. The fourth-order valence-electron chi connectivity index (χ4n) is 3.87. The molecule has 0 fully saturated rings. The summed E-state index contributed by atoms with van der Waals surface area (Å²) in [6.07, 6.45) is 0. The van der Waals surface area contributed by atoms with Crippen LogP contribution < -0.4 is 4.90 Å². The van der Waals surface area contributed by atoms with Gasteiger partial charge in [0.1, 0.15) is 10.6 Å². The number of esters is 1. The Morgan fingerprint density at radius 2 is 1.82 bits per heavy atom. The van der Waals surface area contributed by atoms with Gasteiger partial charge in [-0.1, -0.05) is 49.4 Å². The number of hydrogen-bond acceptors (Lipinski definition) is 8. The van der Waals surface area contributed by atoms with Crippen molar-refractivity contribution in [3.63, 3.8) is 0 Å². The lowest BCUT2D eigenvalue weighted by atomic mass is 9.93. The number of hydrogen-bond donors (Lipinski definition) is 1. The number of Topliss-reactive ketones (excluding diaryl/α,β-unsaturated/α-hetero) is 1. The van der Waals surface area contributed by atoms with Crippen molar-refractivity contribution in [2.45, 2.75) is 39.7 Å². The second kappa shape index (κ2) is 8.90. The third-order valence-electron chi connectivity index (χ3n) is 5.70. The molecule has 8 nitrogen and oxygen atoms in total. The summed E-state index contributed by atoms with van der Waals surface area (Å²) in [4.78, 5) is 44.7. The zero-order valence-corrected chi connectivity index (χ0v) is 20.2. The summed E-state index contributed by atoms with van der Waals surface area (Å²) in [5.41, 5.74) is 1.97. The SMILES string of the molecule is COC(=O)c1sc(N2C(=O)C(O)=C(C(=O)c3ccc(C)o3)C2c2ccc(C(C)C)cc2)nc1C. The lowest BCUT2D eigenvalue weighted by Gasteiger charge is -2.24. The van der Waals surface area contributed by atoms with Crippen molar-refractivity contribution in [2.75, 3.05) is 12.0 Å². The fraction of sp³-hybridized carbons (Fsp3) is 0.280. The first-order valence-corrected chi connectivity index (χ1v) is 11.5. The van der Waals surface area contributed by atoms with Crippen molar-refractivity contribution in [1.29, 1.82) is 0 Å². The quantitative estimate of drug-likeness (QED) is 0.388. The van der Waals surface area contributed by atoms with E-state index in [1.165, 1.54) is 18.1 Å². The average Bonchev–Trinajstić information content (AvgIpc) is 3.49. The Kier molecular flexibility index (Phi) is 6.14. The minimum atomic E-state index is -0.956. The molecular weight excluding hydrogens is 456 g/mol. The molecule has 0 spiro atoms. The first-order chi connectivity index (χ1) is 16.1. The molecule has 1 aromatic carbocycles. The maximum atomic E-state index is 13.4. The van der Waals surface area contributed by atoms with Crippen molar-refractivity contribution in [3.8, 4) is 0 Å². The number of aryl methyl sites for hydroxylation is 2. The van der Waals surface area contributed by atoms with Crippen molar-refractivity contribution in [2.24, 2.45) is 0 Å². The third kappa shape index (κ3) is 3.92. The molecule has 1 unspecified atom stereocenters. The number of rotatable bonds is 6. The monoisotopic (exact) mass is 480 g/mol. The third-order valence-corrected chi connectivity index (χ3v) is 6.83. The van der Waals surface area contributed by atoms with Crippen LogP contribution in [0.1, 0.15) is 68.6 Å². The van der Waals surface area contributed by atoms with E-state index in [0.29, 0.717) is 17.0 Å². The summed E-state index contributed by atoms with van der Waals surface area (Å²) < 4.78 is 10.3. The van der Waals surface area contributed by atoms with E-state index in [9.17, 15) is 19.5 Å². The van der Waals surface area contributed by atoms with Crippen LogP contribution in [0.4, 0.5) is 5.13 Å². The van der Waals surface area contributed by atoms with E-state index in [1.807, 2.05) is 24.3 Å². The van der Waals surface area contributed by atoms with E-state index in [2.05, 4.69) is 18.8 Å². The van der Waals surface area contributed by atoms with Crippen molar-refractivity contribution < 1.29 is 28.6 Å². The highest BCUT2D eigenvalue weighted by atomic mass is 32.1. The molecule has 0 aliphatic carbocycles. The van der Waals surface area contributed by atoms with Gasteiger partial charge in [0.05, 0.1) is 24.4 Å². The molecule has 3 heterocycles. The number of nitrogens with zero attached hydrogens (tertiary/aromatic N) is 2. The van der Waals surface area contributed by atoms with Crippen molar-refractivity contribution in [3.05, 3.63) is 80.9 Å². The van der Waals surface area contributed by atoms with Crippen LogP contribution in [0.3, 0.4) is 0 Å². The molecular formula is C25H24N2O6S. The number of furan rings is 1. The highest BCUT2D eigenvalue weighted by molar-refractivity contribution is 7.17. The number of aliphatic hydroxyl groups excluding tert-OH is 1. The molecule has 0 radical (unpaired) electrons. The number of methoxy groups -OCH3 is 1. The molecule has 3 aromatic rings. The van der Waals surface area contributed by atoms with Gasteiger partial charge in [0.25, 0.3) is 5.91 Å². The first-order valence-electron chi connectivity index (χ1n) is 10.7. The summed E-state index contributed by atoms with van der Waals surface area (Å²) in [7, 11) is 1.26. The predicted octanol–water partition coefficient (Wildman–Crippen LogP) is 5.05. The Hall–Kier alpha value is -3.72. The van der Waals surface area contributed by atoms with Gasteiger partial charge in [-0.2, -0.15) is 0 Å². The molecule has 4 rings (SSSR count). The standard InChI is InChI=1S/C25H24N2O6S/c1-12(2)15-7-9-16(10-8-15)19-18(20(28)17-11-6-13(3)33-17)21(29)23(30)27(19)25-26-14(4)22(34-25)24(31)32-5/h6-12,19,29H,1-5H3. The highest BCUT2D eigenvalue weighted by Crippen LogP contribution is 2.44. The van der Waals surface area contributed by atoms with E-state index in [0.717, 1.165) is 16.9 Å². The van der Waals surface area contributed by atoms with Gasteiger partial charge in [-0.3, -0.25) is 14.5 Å². The van der Waals surface area contributed by atoms with Crippen LogP contribution in [0.15, 0.2) is 52.1 Å². The largest absolute Gasteiger partial charge is 0.503 e. The summed E-state index contributed by atoms with van der Waals surface area (Å²) in [5, 5.41) is 11.0. The molecule has 176 valence electrons. The van der Waals surface area contributed by atoms with Crippen LogP contribution in [0.5, 0.6) is 0 Å². The van der Waals surface area contributed by atoms with Crippen molar-refractivity contribution >= 4 is 34.1 Å². The zero-order chi connectivity index (χ0) is 24.7. The van der Waals surface area contributed by atoms with E-state index in [-0.39, 0.29) is 27.3 Å². The zero-order valence-electron chi connectivity index (χ0n) is 19.4. The number of aliphatic hydroxyl groups is 1. The number of ketones is 1. The molecule has 34 heavy (non-hydrogen) atoms. The summed E-state index contributed by atoms with van der Waals surface area (Å²) in [5.74, 6) is -1.80. The Labute approximate surface area is 200 Å². The topological polar surface area (TPSA) is 110 Å². The van der Waals surface area contributed by atoms with Gasteiger partial charge in [-0.25, -0.2) is 9.78 Å². The number of carbonyl (C=O) groups is 3. The van der Waals surface area contributed by atoms with E-state index < -0.39 is 29.5 Å². The van der Waals surface area contributed by atoms with Crippen LogP contribution in [0.2, 0.25) is 0 Å². The average molecular weight is 481 g/mol. The van der Waals surface area contributed by atoms with Gasteiger partial charge < -0.3 is 14.3 Å². The molecule has 1 aliphatic rings. The van der Waals surface area contributed by atoms with Crippen LogP contribution in [-0.4, -0.2) is 34.9 Å². The molecule has 1 atom stereocenters. The van der Waals surface area contributed by atoms with Gasteiger partial charge >= 0.3 is 5.97 Å². The van der Waals surface area contributed by atoms with Crippen LogP contribution in [0, 0.1) is 13.8 Å². The predicted molar refractivity (Wildman–Crippen MR) is 126 cm³/mol. The fourth-order valence-corrected chi connectivity index (χ4v) is 4.88. The number of ether oxygens (including phenoxy) is 1. The van der Waals surface area contributed by atoms with E-state index in [4.69, 9.17) is 9.15 Å². The smallest absolute Gasteiger partial charge is 0.350 e. The van der Waals surface area contributed by atoms with Gasteiger partial charge in [-0.15, -0.1) is 0 Å². The minimum Gasteiger partial charge on any atom is -0.503 e. The normalized spacial score (nSPS) is 16.0. The van der Waals surface area contributed by atoms with Gasteiger partial charge in [0, 0.05) is 0 Å². The summed E-state index contributed by atoms with van der Waals surface area (Å²) in [6, 6.07) is 9.67. The van der Waals surface area contributed by atoms with Crippen molar-refractivity contribution in [1.82, 2.24) is 4.98 Å². The molecule has 1 aliphatic heterocycles. The molecule has 1 N–H and O–H groups in total. The Balaban J connectivity index is 1.87. The number of carbonyl (C=O) groups excluding carboxylic acids is 3. The lowest BCUT2D eigenvalue weighted by Crippen LogP contribution is -2.31. The van der Waals surface area contributed by atoms with E-state index in [1.54, 1.807) is 19.9 Å². The minimum absolute atomic E-state index is 0.0167. The molecule has 9 heteroatoms. The number of amides is 1. The number of anilines is 1. The van der Waals surface area contributed by atoms with Gasteiger partial charge in [0.15, 0.2) is 16.7 Å². The molecule has 0 saturated carbocycles. The Bertz CT molecular complexity index is 1320. The van der Waals surface area contributed by atoms with Crippen LogP contribution >= 0.6 is 11.3 Å². The maximum absolute atomic E-state index is 13.4. The van der Waals surface area contributed by atoms with Crippen LogP contribution in [0.25, 0.3) is 0 Å².